The smallest absolute Gasteiger partial charge is 0.407 e. The van der Waals surface area contributed by atoms with Crippen LogP contribution in [0.4, 0.5) is 4.79 Å². The molecule has 1 heterocycles. The van der Waals surface area contributed by atoms with Gasteiger partial charge >= 0.3 is 6.09 Å². The van der Waals surface area contributed by atoms with E-state index in [1.807, 2.05) is 39.1 Å². The van der Waals surface area contributed by atoms with Crippen LogP contribution in [-0.2, 0) is 11.3 Å². The third-order valence-corrected chi connectivity index (χ3v) is 3.62. The number of alkyl carbamates (subject to hydrolysis) is 1. The summed E-state index contributed by atoms with van der Waals surface area (Å²) < 4.78 is 5.24. The highest BCUT2D eigenvalue weighted by Crippen LogP contribution is 2.13. The molecule has 1 aromatic heterocycles. The Morgan fingerprint density at radius 2 is 2.24 bits per heavy atom. The zero-order chi connectivity index (χ0) is 15.9. The number of carbonyl (C=O) groups excluding carboxylic acids is 1. The van der Waals surface area contributed by atoms with Crippen molar-refractivity contribution in [1.82, 2.24) is 10.6 Å². The lowest BCUT2D eigenvalue weighted by atomic mass is 10.2. The first kappa shape index (κ1) is 17.5. The fourth-order valence-electron chi connectivity index (χ4n) is 1.67. The number of thiophene rings is 1. The number of nitrogens with one attached hydrogen (secondary N) is 2. The lowest BCUT2D eigenvalue weighted by Crippen LogP contribution is -2.43. The van der Waals surface area contributed by atoms with Crippen LogP contribution < -0.4 is 10.6 Å². The second kappa shape index (κ2) is 8.01. The van der Waals surface area contributed by atoms with Gasteiger partial charge < -0.3 is 15.4 Å². The number of amides is 1. The number of nitrogens with zero attached hydrogens (tertiary/aromatic N) is 1. The topological polar surface area (TPSA) is 74.2 Å². The monoisotopic (exact) mass is 309 g/mol. The summed E-state index contributed by atoms with van der Waals surface area (Å²) in [5, 5.41) is 16.8. The largest absolute Gasteiger partial charge is 0.444 e. The first-order valence-electron chi connectivity index (χ1n) is 7.01. The molecule has 21 heavy (non-hydrogen) atoms. The molecule has 0 bridgehead atoms. The van der Waals surface area contributed by atoms with Crippen molar-refractivity contribution in [2.75, 3.05) is 6.54 Å². The van der Waals surface area contributed by atoms with Crippen LogP contribution in [0, 0.1) is 11.3 Å². The number of hydrogen-bond acceptors (Lipinski definition) is 5. The Kier molecular flexibility index (Phi) is 6.66. The van der Waals surface area contributed by atoms with E-state index in [1.165, 1.54) is 0 Å². The molecule has 0 saturated carbocycles. The van der Waals surface area contributed by atoms with Gasteiger partial charge in [-0.25, -0.2) is 4.79 Å². The van der Waals surface area contributed by atoms with Gasteiger partial charge in [0.05, 0.1) is 5.56 Å². The Morgan fingerprint density at radius 1 is 1.52 bits per heavy atom. The molecule has 0 spiro atoms. The zero-order valence-electron chi connectivity index (χ0n) is 13.0. The SMILES string of the molecule is CCC(CNCc1cc(C#N)cs1)NC(=O)OC(C)(C)C. The Balaban J connectivity index is 2.34. The molecule has 1 atom stereocenters. The van der Waals surface area contributed by atoms with Crippen molar-refractivity contribution in [3.8, 4) is 6.07 Å². The maximum Gasteiger partial charge on any atom is 0.407 e. The third kappa shape index (κ3) is 7.11. The van der Waals surface area contributed by atoms with Gasteiger partial charge in [-0.05, 0) is 33.3 Å². The number of nitriles is 1. The lowest BCUT2D eigenvalue weighted by molar-refractivity contribution is 0.0502. The van der Waals surface area contributed by atoms with Gasteiger partial charge in [0, 0.05) is 29.4 Å². The minimum Gasteiger partial charge on any atom is -0.444 e. The summed E-state index contributed by atoms with van der Waals surface area (Å²) in [4.78, 5) is 12.8. The number of ether oxygens (including phenoxy) is 1. The second-order valence-electron chi connectivity index (χ2n) is 5.80. The van der Waals surface area contributed by atoms with Crippen molar-refractivity contribution in [2.24, 2.45) is 0 Å². The first-order chi connectivity index (χ1) is 9.84. The zero-order valence-corrected chi connectivity index (χ0v) is 13.8. The molecule has 0 radical (unpaired) electrons. The molecule has 0 aliphatic heterocycles. The van der Waals surface area contributed by atoms with Gasteiger partial charge in [0.15, 0.2) is 0 Å². The van der Waals surface area contributed by atoms with Crippen LogP contribution in [-0.4, -0.2) is 24.3 Å². The average molecular weight is 309 g/mol. The van der Waals surface area contributed by atoms with Gasteiger partial charge in [0.1, 0.15) is 11.7 Å². The maximum atomic E-state index is 11.7. The fourth-order valence-corrected chi connectivity index (χ4v) is 2.45. The van der Waals surface area contributed by atoms with Crippen molar-refractivity contribution in [1.29, 1.82) is 5.26 Å². The van der Waals surface area contributed by atoms with E-state index in [-0.39, 0.29) is 12.1 Å². The number of rotatable bonds is 6. The average Bonchev–Trinajstić information content (AvgIpc) is 2.83. The number of hydrogen-bond donors (Lipinski definition) is 2. The molecule has 116 valence electrons. The van der Waals surface area contributed by atoms with Crippen molar-refractivity contribution >= 4 is 17.4 Å². The summed E-state index contributed by atoms with van der Waals surface area (Å²) in [5.41, 5.74) is 0.205. The van der Waals surface area contributed by atoms with Crippen LogP contribution >= 0.6 is 11.3 Å². The molecule has 1 aromatic rings. The van der Waals surface area contributed by atoms with Crippen molar-refractivity contribution < 1.29 is 9.53 Å². The minimum atomic E-state index is -0.486. The minimum absolute atomic E-state index is 0.0234. The standard InChI is InChI=1S/C15H23N3O2S/c1-5-12(18-14(19)20-15(2,3)4)8-17-9-13-6-11(7-16)10-21-13/h6,10,12,17H,5,8-9H2,1-4H3,(H,18,19). The molecule has 0 aliphatic carbocycles. The highest BCUT2D eigenvalue weighted by atomic mass is 32.1. The van der Waals surface area contributed by atoms with Crippen LogP contribution in [0.5, 0.6) is 0 Å². The van der Waals surface area contributed by atoms with E-state index in [9.17, 15) is 4.79 Å². The quantitative estimate of drug-likeness (QED) is 0.847. The van der Waals surface area contributed by atoms with Crippen molar-refractivity contribution in [2.45, 2.75) is 52.3 Å². The van der Waals surface area contributed by atoms with E-state index in [0.29, 0.717) is 18.7 Å². The maximum absolute atomic E-state index is 11.7. The van der Waals surface area contributed by atoms with Crippen molar-refractivity contribution in [3.05, 3.63) is 21.9 Å². The second-order valence-corrected chi connectivity index (χ2v) is 6.79. The highest BCUT2D eigenvalue weighted by Gasteiger charge is 2.18. The van der Waals surface area contributed by atoms with Gasteiger partial charge in [0.25, 0.3) is 0 Å². The summed E-state index contributed by atoms with van der Waals surface area (Å²) in [6.07, 6.45) is 0.430. The van der Waals surface area contributed by atoms with Crippen LogP contribution in [0.25, 0.3) is 0 Å². The Labute approximate surface area is 130 Å². The van der Waals surface area contributed by atoms with E-state index < -0.39 is 5.60 Å². The molecule has 0 saturated heterocycles. The normalized spacial score (nSPS) is 12.5. The number of carbonyl (C=O) groups is 1. The predicted octanol–water partition coefficient (Wildman–Crippen LogP) is 3.01. The van der Waals surface area contributed by atoms with Gasteiger partial charge in [-0.1, -0.05) is 6.92 Å². The lowest BCUT2D eigenvalue weighted by Gasteiger charge is -2.23. The van der Waals surface area contributed by atoms with Gasteiger partial charge in [0.2, 0.25) is 0 Å². The van der Waals surface area contributed by atoms with E-state index in [2.05, 4.69) is 16.7 Å². The highest BCUT2D eigenvalue weighted by molar-refractivity contribution is 7.10. The van der Waals surface area contributed by atoms with E-state index >= 15 is 0 Å². The third-order valence-electron chi connectivity index (χ3n) is 2.69. The fraction of sp³-hybridized carbons (Fsp3) is 0.600. The van der Waals surface area contributed by atoms with E-state index in [0.717, 1.165) is 11.3 Å². The van der Waals surface area contributed by atoms with E-state index in [4.69, 9.17) is 10.00 Å². The summed E-state index contributed by atoms with van der Waals surface area (Å²) in [7, 11) is 0. The molecule has 0 fully saturated rings. The molecule has 2 N–H and O–H groups in total. The summed E-state index contributed by atoms with van der Waals surface area (Å²) in [6.45, 7) is 8.90. The van der Waals surface area contributed by atoms with Crippen molar-refractivity contribution in [3.63, 3.8) is 0 Å². The molecule has 0 aliphatic rings. The van der Waals surface area contributed by atoms with Crippen LogP contribution in [0.1, 0.15) is 44.6 Å². The van der Waals surface area contributed by atoms with Crippen LogP contribution in [0.3, 0.4) is 0 Å². The molecule has 0 aromatic carbocycles. The summed E-state index contributed by atoms with van der Waals surface area (Å²) >= 11 is 1.56. The summed E-state index contributed by atoms with van der Waals surface area (Å²) in [6, 6.07) is 4.01. The Hall–Kier alpha value is -1.58. The van der Waals surface area contributed by atoms with Crippen LogP contribution in [0.15, 0.2) is 11.4 Å². The van der Waals surface area contributed by atoms with E-state index in [1.54, 1.807) is 11.3 Å². The first-order valence-corrected chi connectivity index (χ1v) is 7.89. The van der Waals surface area contributed by atoms with Gasteiger partial charge in [-0.2, -0.15) is 5.26 Å². The molecule has 5 nitrogen and oxygen atoms in total. The molecule has 1 amide bonds. The predicted molar refractivity (Wildman–Crippen MR) is 84.2 cm³/mol. The van der Waals surface area contributed by atoms with Gasteiger partial charge in [-0.3, -0.25) is 0 Å². The molecule has 1 rings (SSSR count). The Bertz CT molecular complexity index is 500. The summed E-state index contributed by atoms with van der Waals surface area (Å²) in [5.74, 6) is 0. The van der Waals surface area contributed by atoms with Crippen LogP contribution in [0.2, 0.25) is 0 Å². The molecular formula is C15H23N3O2S. The molecule has 1 unspecified atom stereocenters. The Morgan fingerprint density at radius 3 is 2.76 bits per heavy atom. The molecule has 6 heteroatoms. The van der Waals surface area contributed by atoms with Gasteiger partial charge in [-0.15, -0.1) is 11.3 Å². The molecular weight excluding hydrogens is 286 g/mol.